The third-order valence-electron chi connectivity index (χ3n) is 3.01. The van der Waals surface area contributed by atoms with Gasteiger partial charge in [-0.15, -0.1) is 0 Å². The normalized spacial score (nSPS) is 21.2. The largest absolute Gasteiger partial charge is 0.352 e. The average Bonchev–Trinajstić information content (AvgIpc) is 2.27. The van der Waals surface area contributed by atoms with Gasteiger partial charge in [0.05, 0.1) is 0 Å². The van der Waals surface area contributed by atoms with Crippen LogP contribution in [-0.2, 0) is 0 Å². The zero-order valence-corrected chi connectivity index (χ0v) is 10.2. The standard InChI is InChI=1S/C11H17ClN4/c1-8-6-10(15-11(12)14-8)16-5-3-2-4-9(16)7-13/h6,9H,2-5,7,13H2,1H3/t9-/m1/s1. The van der Waals surface area contributed by atoms with Crippen molar-refractivity contribution in [2.24, 2.45) is 5.73 Å². The van der Waals surface area contributed by atoms with Gasteiger partial charge in [0.2, 0.25) is 5.28 Å². The Morgan fingerprint density at radius 1 is 1.50 bits per heavy atom. The second-order valence-electron chi connectivity index (χ2n) is 4.22. The highest BCUT2D eigenvalue weighted by Gasteiger charge is 2.22. The van der Waals surface area contributed by atoms with Crippen LogP contribution < -0.4 is 10.6 Å². The molecule has 1 fully saturated rings. The van der Waals surface area contributed by atoms with Gasteiger partial charge in [0.1, 0.15) is 5.82 Å². The predicted molar refractivity (Wildman–Crippen MR) is 65.8 cm³/mol. The van der Waals surface area contributed by atoms with Crippen LogP contribution in [0.3, 0.4) is 0 Å². The highest BCUT2D eigenvalue weighted by atomic mass is 35.5. The van der Waals surface area contributed by atoms with Crippen molar-refractivity contribution in [1.29, 1.82) is 0 Å². The Morgan fingerprint density at radius 3 is 3.00 bits per heavy atom. The molecule has 0 aliphatic carbocycles. The molecule has 1 aliphatic rings. The number of aryl methyl sites for hydroxylation is 1. The number of anilines is 1. The molecule has 0 amide bonds. The first-order chi connectivity index (χ1) is 7.70. The Hall–Kier alpha value is -0.870. The molecule has 1 aromatic heterocycles. The first-order valence-corrected chi connectivity index (χ1v) is 6.06. The first-order valence-electron chi connectivity index (χ1n) is 5.68. The van der Waals surface area contributed by atoms with Gasteiger partial charge in [-0.2, -0.15) is 0 Å². The lowest BCUT2D eigenvalue weighted by atomic mass is 10.0. The summed E-state index contributed by atoms with van der Waals surface area (Å²) in [6.45, 7) is 3.60. The third kappa shape index (κ3) is 2.44. The van der Waals surface area contributed by atoms with Crippen LogP contribution in [0.15, 0.2) is 6.07 Å². The van der Waals surface area contributed by atoms with Crippen molar-refractivity contribution in [3.8, 4) is 0 Å². The number of hydrogen-bond acceptors (Lipinski definition) is 4. The SMILES string of the molecule is Cc1cc(N2CCCC[C@@H]2CN)nc(Cl)n1. The molecule has 0 radical (unpaired) electrons. The summed E-state index contributed by atoms with van der Waals surface area (Å²) in [6.07, 6.45) is 3.57. The molecule has 0 saturated carbocycles. The van der Waals surface area contributed by atoms with Crippen molar-refractivity contribution in [1.82, 2.24) is 9.97 Å². The van der Waals surface area contributed by atoms with E-state index in [-0.39, 0.29) is 0 Å². The molecule has 0 spiro atoms. The minimum atomic E-state index is 0.316. The zero-order chi connectivity index (χ0) is 11.5. The lowest BCUT2D eigenvalue weighted by Gasteiger charge is -2.36. The van der Waals surface area contributed by atoms with Crippen molar-refractivity contribution >= 4 is 17.4 Å². The minimum Gasteiger partial charge on any atom is -0.352 e. The third-order valence-corrected chi connectivity index (χ3v) is 3.18. The van der Waals surface area contributed by atoms with Crippen LogP contribution in [0, 0.1) is 6.92 Å². The topological polar surface area (TPSA) is 55.0 Å². The molecule has 1 saturated heterocycles. The van der Waals surface area contributed by atoms with Crippen molar-refractivity contribution < 1.29 is 0 Å². The van der Waals surface area contributed by atoms with E-state index in [0.29, 0.717) is 17.9 Å². The van der Waals surface area contributed by atoms with E-state index in [2.05, 4.69) is 14.9 Å². The maximum atomic E-state index is 5.88. The highest BCUT2D eigenvalue weighted by molar-refractivity contribution is 6.28. The van der Waals surface area contributed by atoms with E-state index in [1.807, 2.05) is 13.0 Å². The fraction of sp³-hybridized carbons (Fsp3) is 0.636. The Labute approximate surface area is 101 Å². The number of rotatable bonds is 2. The fourth-order valence-corrected chi connectivity index (χ4v) is 2.43. The van der Waals surface area contributed by atoms with Gasteiger partial charge in [0, 0.05) is 30.9 Å². The number of piperidine rings is 1. The molecule has 2 rings (SSSR count). The van der Waals surface area contributed by atoms with Crippen molar-refractivity contribution in [3.05, 3.63) is 17.0 Å². The van der Waals surface area contributed by atoms with E-state index < -0.39 is 0 Å². The number of aromatic nitrogens is 2. The smallest absolute Gasteiger partial charge is 0.224 e. The molecule has 4 nitrogen and oxygen atoms in total. The molecule has 2 N–H and O–H groups in total. The molecule has 5 heteroatoms. The molecule has 1 aliphatic heterocycles. The van der Waals surface area contributed by atoms with Gasteiger partial charge >= 0.3 is 0 Å². The molecule has 0 bridgehead atoms. The van der Waals surface area contributed by atoms with Crippen molar-refractivity contribution in [2.75, 3.05) is 18.0 Å². The maximum absolute atomic E-state index is 5.88. The molecule has 1 aromatic rings. The summed E-state index contributed by atoms with van der Waals surface area (Å²) in [5, 5.41) is 0.316. The Balaban J connectivity index is 2.26. The summed E-state index contributed by atoms with van der Waals surface area (Å²) in [7, 11) is 0. The Morgan fingerprint density at radius 2 is 2.31 bits per heavy atom. The first kappa shape index (κ1) is 11.6. The zero-order valence-electron chi connectivity index (χ0n) is 9.49. The molecular formula is C11H17ClN4. The molecule has 2 heterocycles. The summed E-state index contributed by atoms with van der Waals surface area (Å²) in [6, 6.07) is 2.36. The van der Waals surface area contributed by atoms with Crippen LogP contribution in [0.2, 0.25) is 5.28 Å². The summed E-state index contributed by atoms with van der Waals surface area (Å²) in [5.41, 5.74) is 6.69. The number of hydrogen-bond donors (Lipinski definition) is 1. The molecule has 0 unspecified atom stereocenters. The average molecular weight is 241 g/mol. The summed E-state index contributed by atoms with van der Waals surface area (Å²) in [5.74, 6) is 0.910. The highest BCUT2D eigenvalue weighted by Crippen LogP contribution is 2.23. The lowest BCUT2D eigenvalue weighted by molar-refractivity contribution is 0.462. The van der Waals surface area contributed by atoms with E-state index in [4.69, 9.17) is 17.3 Å². The lowest BCUT2D eigenvalue weighted by Crippen LogP contribution is -2.44. The van der Waals surface area contributed by atoms with E-state index in [9.17, 15) is 0 Å². The Kier molecular flexibility index (Phi) is 3.61. The molecule has 1 atom stereocenters. The predicted octanol–water partition coefficient (Wildman–Crippen LogP) is 1.76. The van der Waals surface area contributed by atoms with Crippen LogP contribution in [0.5, 0.6) is 0 Å². The van der Waals surface area contributed by atoms with Crippen LogP contribution in [0.1, 0.15) is 25.0 Å². The fourth-order valence-electron chi connectivity index (χ4n) is 2.21. The van der Waals surface area contributed by atoms with Crippen LogP contribution in [0.4, 0.5) is 5.82 Å². The molecule has 0 aromatic carbocycles. The van der Waals surface area contributed by atoms with Crippen molar-refractivity contribution in [2.45, 2.75) is 32.2 Å². The van der Waals surface area contributed by atoms with Gasteiger partial charge in [-0.3, -0.25) is 0 Å². The molecule has 88 valence electrons. The van der Waals surface area contributed by atoms with Gasteiger partial charge in [-0.1, -0.05) is 0 Å². The van der Waals surface area contributed by atoms with Gasteiger partial charge in [-0.25, -0.2) is 9.97 Å². The van der Waals surface area contributed by atoms with Crippen LogP contribution in [-0.4, -0.2) is 29.1 Å². The van der Waals surface area contributed by atoms with Gasteiger partial charge in [0.15, 0.2) is 0 Å². The summed E-state index contributed by atoms with van der Waals surface area (Å²) in [4.78, 5) is 10.6. The van der Waals surface area contributed by atoms with E-state index in [1.54, 1.807) is 0 Å². The maximum Gasteiger partial charge on any atom is 0.224 e. The van der Waals surface area contributed by atoms with Crippen LogP contribution >= 0.6 is 11.6 Å². The van der Waals surface area contributed by atoms with Gasteiger partial charge in [-0.05, 0) is 37.8 Å². The van der Waals surface area contributed by atoms with E-state index in [1.165, 1.54) is 12.8 Å². The van der Waals surface area contributed by atoms with Gasteiger partial charge in [0.25, 0.3) is 0 Å². The second kappa shape index (κ2) is 4.97. The monoisotopic (exact) mass is 240 g/mol. The number of halogens is 1. The molecule has 16 heavy (non-hydrogen) atoms. The van der Waals surface area contributed by atoms with E-state index in [0.717, 1.165) is 24.5 Å². The summed E-state index contributed by atoms with van der Waals surface area (Å²) < 4.78 is 0. The van der Waals surface area contributed by atoms with E-state index >= 15 is 0 Å². The number of nitrogens with two attached hydrogens (primary N) is 1. The van der Waals surface area contributed by atoms with Crippen LogP contribution in [0.25, 0.3) is 0 Å². The minimum absolute atomic E-state index is 0.316. The summed E-state index contributed by atoms with van der Waals surface area (Å²) >= 11 is 5.88. The van der Waals surface area contributed by atoms with Crippen molar-refractivity contribution in [3.63, 3.8) is 0 Å². The second-order valence-corrected chi connectivity index (χ2v) is 4.55. The van der Waals surface area contributed by atoms with Gasteiger partial charge < -0.3 is 10.6 Å². The number of nitrogens with zero attached hydrogens (tertiary/aromatic N) is 3. The Bertz CT molecular complexity index is 349. The molecular weight excluding hydrogens is 224 g/mol. The quantitative estimate of drug-likeness (QED) is 0.801.